The van der Waals surface area contributed by atoms with Gasteiger partial charge in [-0.05, 0) is 64.8 Å². The van der Waals surface area contributed by atoms with E-state index in [2.05, 4.69) is 0 Å². The quantitative estimate of drug-likeness (QED) is 0.155. The van der Waals surface area contributed by atoms with E-state index < -0.39 is 28.7 Å². The van der Waals surface area contributed by atoms with Crippen molar-refractivity contribution in [3.63, 3.8) is 0 Å². The van der Waals surface area contributed by atoms with Crippen LogP contribution in [0.3, 0.4) is 0 Å². The van der Waals surface area contributed by atoms with Crippen molar-refractivity contribution in [1.82, 2.24) is 0 Å². The molecule has 0 saturated heterocycles. The highest BCUT2D eigenvalue weighted by atomic mass is 32.1. The lowest BCUT2D eigenvalue weighted by Crippen LogP contribution is -2.50. The average molecular weight is 665 g/mol. The van der Waals surface area contributed by atoms with E-state index >= 15 is 22.0 Å². The van der Waals surface area contributed by atoms with Crippen molar-refractivity contribution in [2.75, 3.05) is 0 Å². The molecule has 7 rings (SSSR count). The minimum absolute atomic E-state index is 0.0529. The molecular weight excluding hydrogens is 648 g/mol. The number of halogens is 5. The van der Waals surface area contributed by atoms with Gasteiger partial charge in [-0.15, -0.1) is 68.0 Å². The Kier molecular flexibility index (Phi) is 6.57. The zero-order chi connectivity index (χ0) is 28.6. The third kappa shape index (κ3) is 4.11. The highest BCUT2D eigenvalue weighted by molar-refractivity contribution is 7.26. The van der Waals surface area contributed by atoms with E-state index in [0.29, 0.717) is 36.2 Å². The van der Waals surface area contributed by atoms with Crippen molar-refractivity contribution in [3.05, 3.63) is 93.3 Å². The van der Waals surface area contributed by atoms with Crippen LogP contribution in [0.2, 0.25) is 0 Å². The Balaban J connectivity index is 1.58. The van der Waals surface area contributed by atoms with Crippen molar-refractivity contribution < 1.29 is 22.0 Å². The van der Waals surface area contributed by atoms with Gasteiger partial charge in [-0.1, -0.05) is 24.3 Å². The Morgan fingerprint density at radius 1 is 0.488 bits per heavy atom. The molecule has 208 valence electrons. The Labute approximate surface area is 256 Å². The van der Waals surface area contributed by atoms with Crippen LogP contribution in [0.4, 0.5) is 22.0 Å². The van der Waals surface area contributed by atoms with Crippen LogP contribution >= 0.6 is 68.0 Å². The summed E-state index contributed by atoms with van der Waals surface area (Å²) in [5.74, 6) is -8.94. The molecule has 0 nitrogen and oxygen atoms in total. The van der Waals surface area contributed by atoms with Crippen LogP contribution in [0.1, 0.15) is 18.1 Å². The smallest absolute Gasteiger partial charge is 0.230 e. The van der Waals surface area contributed by atoms with Gasteiger partial charge in [0.15, 0.2) is 0 Å². The molecule has 0 fully saturated rings. The van der Waals surface area contributed by atoms with Gasteiger partial charge in [0.1, 0.15) is 0 Å². The maximum absolute atomic E-state index is 16.3. The molecule has 6 aromatic rings. The molecule has 0 spiro atoms. The van der Waals surface area contributed by atoms with Crippen LogP contribution in [-0.2, 0) is 0 Å². The summed E-state index contributed by atoms with van der Waals surface area (Å²) in [6.07, 6.45) is 0. The lowest BCUT2D eigenvalue weighted by molar-refractivity contribution is -0.173. The highest BCUT2D eigenvalue weighted by Crippen LogP contribution is 2.67. The van der Waals surface area contributed by atoms with Gasteiger partial charge in [0.2, 0.25) is 5.67 Å². The number of alkyl halides is 5. The molecule has 0 radical (unpaired) electrons. The Morgan fingerprint density at radius 2 is 0.829 bits per heavy atom. The molecule has 41 heavy (non-hydrogen) atoms. The van der Waals surface area contributed by atoms with Crippen molar-refractivity contribution in [1.29, 1.82) is 0 Å². The summed E-state index contributed by atoms with van der Waals surface area (Å²) >= 11 is 8.03. The van der Waals surface area contributed by atoms with Crippen LogP contribution in [0.5, 0.6) is 0 Å². The molecule has 6 heterocycles. The summed E-state index contributed by atoms with van der Waals surface area (Å²) in [5, 5.41) is 7.35. The molecule has 0 bridgehead atoms. The predicted molar refractivity (Wildman–Crippen MR) is 168 cm³/mol. The average Bonchev–Trinajstić information content (AvgIpc) is 3.79. The second kappa shape index (κ2) is 9.82. The summed E-state index contributed by atoms with van der Waals surface area (Å²) in [7, 11) is 0. The van der Waals surface area contributed by atoms with Gasteiger partial charge in [0, 0.05) is 51.5 Å². The SMILES string of the molecule is CC1(F)C(F)(F)C(c2cc(-c3cccs3)sc2-c2cccs2)=C(c2cc(-c3cccs3)sc2-c2cccs2)C1(F)F. The molecule has 0 aromatic carbocycles. The minimum atomic E-state index is -4.47. The zero-order valence-electron chi connectivity index (χ0n) is 20.9. The summed E-state index contributed by atoms with van der Waals surface area (Å²) in [5.41, 5.74) is -6.13. The lowest BCUT2D eigenvalue weighted by Gasteiger charge is -2.29. The van der Waals surface area contributed by atoms with Gasteiger partial charge in [-0.25, -0.2) is 4.39 Å². The molecule has 11 heteroatoms. The summed E-state index contributed by atoms with van der Waals surface area (Å²) in [6, 6.07) is 17.6. The zero-order valence-corrected chi connectivity index (χ0v) is 25.8. The van der Waals surface area contributed by atoms with E-state index in [9.17, 15) is 0 Å². The van der Waals surface area contributed by atoms with Gasteiger partial charge in [-0.3, -0.25) is 0 Å². The fraction of sp³-hybridized carbons (Fsp3) is 0.133. The number of allylic oxidation sites excluding steroid dienone is 2. The molecular formula is C30H17F5S6. The van der Waals surface area contributed by atoms with E-state index in [1.54, 1.807) is 35.0 Å². The predicted octanol–water partition coefficient (Wildman–Crippen LogP) is 12.6. The molecule has 0 unspecified atom stereocenters. The third-order valence-corrected chi connectivity index (χ3v) is 13.6. The summed E-state index contributed by atoms with van der Waals surface area (Å²) < 4.78 is 81.4. The molecule has 0 saturated carbocycles. The first-order chi connectivity index (χ1) is 19.6. The van der Waals surface area contributed by atoms with Crippen LogP contribution in [-0.4, -0.2) is 17.5 Å². The fourth-order valence-electron chi connectivity index (χ4n) is 5.00. The second-order valence-electron chi connectivity index (χ2n) is 9.52. The van der Waals surface area contributed by atoms with Crippen LogP contribution < -0.4 is 0 Å². The Morgan fingerprint density at radius 3 is 1.15 bits per heavy atom. The largest absolute Gasteiger partial charge is 0.313 e. The molecule has 0 N–H and O–H groups in total. The Bertz CT molecular complexity index is 1710. The van der Waals surface area contributed by atoms with Crippen LogP contribution in [0.25, 0.3) is 50.2 Å². The molecule has 1 aliphatic carbocycles. The first kappa shape index (κ1) is 27.4. The van der Waals surface area contributed by atoms with Crippen molar-refractivity contribution in [2.45, 2.75) is 24.4 Å². The molecule has 0 aliphatic heterocycles. The summed E-state index contributed by atoms with van der Waals surface area (Å²) in [4.78, 5) is 5.16. The van der Waals surface area contributed by atoms with Gasteiger partial charge in [0.05, 0.1) is 9.75 Å². The fourth-order valence-corrected chi connectivity index (χ4v) is 10.7. The normalized spacial score (nSPS) is 17.5. The molecule has 0 amide bonds. The topological polar surface area (TPSA) is 0 Å². The Hall–Kier alpha value is -2.41. The van der Waals surface area contributed by atoms with E-state index in [0.717, 1.165) is 9.75 Å². The molecule has 0 atom stereocenters. The monoisotopic (exact) mass is 664 g/mol. The minimum Gasteiger partial charge on any atom is -0.230 e. The molecule has 6 aromatic heterocycles. The first-order valence-corrected chi connectivity index (χ1v) is 17.4. The maximum Gasteiger partial charge on any atom is 0.313 e. The van der Waals surface area contributed by atoms with Gasteiger partial charge < -0.3 is 0 Å². The van der Waals surface area contributed by atoms with E-state index in [4.69, 9.17) is 0 Å². The van der Waals surface area contributed by atoms with Gasteiger partial charge in [-0.2, -0.15) is 17.6 Å². The van der Waals surface area contributed by atoms with E-state index in [1.165, 1.54) is 80.2 Å². The lowest BCUT2D eigenvalue weighted by atomic mass is 9.93. The van der Waals surface area contributed by atoms with E-state index in [-0.39, 0.29) is 11.1 Å². The maximum atomic E-state index is 16.3. The van der Waals surface area contributed by atoms with Crippen LogP contribution in [0.15, 0.2) is 82.2 Å². The first-order valence-electron chi connectivity index (χ1n) is 12.2. The van der Waals surface area contributed by atoms with Crippen molar-refractivity contribution in [3.8, 4) is 39.0 Å². The van der Waals surface area contributed by atoms with Crippen molar-refractivity contribution in [2.24, 2.45) is 0 Å². The molecule has 1 aliphatic rings. The number of hydrogen-bond acceptors (Lipinski definition) is 6. The van der Waals surface area contributed by atoms with Gasteiger partial charge >= 0.3 is 11.8 Å². The number of hydrogen-bond donors (Lipinski definition) is 0. The highest BCUT2D eigenvalue weighted by Gasteiger charge is 2.76. The number of rotatable bonds is 6. The third-order valence-electron chi connectivity index (χ3n) is 7.08. The van der Waals surface area contributed by atoms with Crippen molar-refractivity contribution >= 4 is 79.2 Å². The van der Waals surface area contributed by atoms with Crippen LogP contribution in [0, 0.1) is 0 Å². The summed E-state index contributed by atoms with van der Waals surface area (Å²) in [6.45, 7) is 0.328. The second-order valence-corrected chi connectivity index (χ2v) is 15.4. The standard InChI is InChI=1S/C30H17F5S6/c1-28(31)29(32,33)24(16-14-22(18-6-2-10-36-18)40-26(16)20-8-4-12-38-20)25(30(28,34)35)17-15-23(19-7-3-11-37-19)41-27(17)21-9-5-13-39-21/h2-15H,1H3. The van der Waals surface area contributed by atoms with Gasteiger partial charge in [0.25, 0.3) is 0 Å². The van der Waals surface area contributed by atoms with E-state index in [1.807, 2.05) is 35.0 Å². The number of thiophene rings is 6.